The lowest BCUT2D eigenvalue weighted by molar-refractivity contribution is 0.0527. The number of carbonyl (C=O) groups excluding carboxylic acids is 2. The minimum Gasteiger partial charge on any atom is -0.497 e. The van der Waals surface area contributed by atoms with Crippen LogP contribution >= 0.6 is 11.3 Å². The molecule has 0 fully saturated rings. The lowest BCUT2D eigenvalue weighted by atomic mass is 10.1. The molecule has 0 radical (unpaired) electrons. The molecule has 0 spiro atoms. The molecule has 7 nitrogen and oxygen atoms in total. The van der Waals surface area contributed by atoms with Crippen LogP contribution in [0.2, 0.25) is 0 Å². The summed E-state index contributed by atoms with van der Waals surface area (Å²) in [7, 11) is 1.57. The van der Waals surface area contributed by atoms with Gasteiger partial charge in [0.25, 0.3) is 5.91 Å². The Morgan fingerprint density at radius 1 is 1.25 bits per heavy atom. The van der Waals surface area contributed by atoms with E-state index in [0.29, 0.717) is 22.1 Å². The SMILES string of the molecule is CCOC(=O)c1c(NC(=O)c2cc(-c3cccc(OC)c3)on2)sc(C)c1C. The highest BCUT2D eigenvalue weighted by Gasteiger charge is 2.23. The van der Waals surface area contributed by atoms with Crippen molar-refractivity contribution in [3.05, 3.63) is 52.0 Å². The van der Waals surface area contributed by atoms with Gasteiger partial charge in [-0.2, -0.15) is 0 Å². The Morgan fingerprint density at radius 3 is 2.75 bits per heavy atom. The maximum absolute atomic E-state index is 12.6. The average molecular weight is 400 g/mol. The minimum atomic E-state index is -0.468. The third-order valence-corrected chi connectivity index (χ3v) is 5.31. The Kier molecular flexibility index (Phi) is 5.79. The van der Waals surface area contributed by atoms with Crippen LogP contribution in [0.3, 0.4) is 0 Å². The highest BCUT2D eigenvalue weighted by molar-refractivity contribution is 7.16. The second-order valence-electron chi connectivity index (χ2n) is 5.97. The molecule has 0 aliphatic rings. The van der Waals surface area contributed by atoms with Crippen LogP contribution in [0.25, 0.3) is 11.3 Å². The van der Waals surface area contributed by atoms with Crippen LogP contribution in [0, 0.1) is 13.8 Å². The number of hydrogen-bond acceptors (Lipinski definition) is 7. The lowest BCUT2D eigenvalue weighted by Gasteiger charge is -2.05. The molecule has 2 heterocycles. The first-order valence-corrected chi connectivity index (χ1v) is 9.45. The van der Waals surface area contributed by atoms with Gasteiger partial charge in [-0.1, -0.05) is 17.3 Å². The van der Waals surface area contributed by atoms with Crippen molar-refractivity contribution in [2.45, 2.75) is 20.8 Å². The summed E-state index contributed by atoms with van der Waals surface area (Å²) in [5, 5.41) is 7.03. The van der Waals surface area contributed by atoms with E-state index in [1.807, 2.05) is 32.0 Å². The summed E-state index contributed by atoms with van der Waals surface area (Å²) in [4.78, 5) is 25.8. The summed E-state index contributed by atoms with van der Waals surface area (Å²) in [5.74, 6) is 0.179. The predicted molar refractivity (Wildman–Crippen MR) is 106 cm³/mol. The van der Waals surface area contributed by atoms with Gasteiger partial charge in [-0.15, -0.1) is 11.3 Å². The number of ether oxygens (including phenoxy) is 2. The fourth-order valence-corrected chi connectivity index (χ4v) is 3.67. The van der Waals surface area contributed by atoms with Gasteiger partial charge in [-0.05, 0) is 38.5 Å². The van der Waals surface area contributed by atoms with Crippen LogP contribution in [0.15, 0.2) is 34.9 Å². The van der Waals surface area contributed by atoms with Crippen LogP contribution in [0.4, 0.5) is 5.00 Å². The number of nitrogens with zero attached hydrogens (tertiary/aromatic N) is 1. The van der Waals surface area contributed by atoms with E-state index in [4.69, 9.17) is 14.0 Å². The Morgan fingerprint density at radius 2 is 2.04 bits per heavy atom. The van der Waals surface area contributed by atoms with Crippen LogP contribution in [-0.2, 0) is 4.74 Å². The molecule has 0 saturated heterocycles. The van der Waals surface area contributed by atoms with Crippen molar-refractivity contribution in [1.82, 2.24) is 5.16 Å². The van der Waals surface area contributed by atoms with E-state index in [0.717, 1.165) is 16.0 Å². The molecule has 0 unspecified atom stereocenters. The topological polar surface area (TPSA) is 90.7 Å². The second-order valence-corrected chi connectivity index (χ2v) is 7.20. The fourth-order valence-electron chi connectivity index (χ4n) is 2.63. The van der Waals surface area contributed by atoms with Crippen molar-refractivity contribution in [2.24, 2.45) is 0 Å². The summed E-state index contributed by atoms with van der Waals surface area (Å²) in [5.41, 5.74) is 2.00. The Hall–Kier alpha value is -3.13. The second kappa shape index (κ2) is 8.26. The number of aryl methyl sites for hydroxylation is 1. The standard InChI is InChI=1S/C20H20N2O5S/c1-5-26-20(24)17-11(2)12(3)28-19(17)21-18(23)15-10-16(27-22-15)13-7-6-8-14(9-13)25-4/h6-10H,5H2,1-4H3,(H,21,23). The molecule has 2 aromatic heterocycles. The van der Waals surface area contributed by atoms with Crippen molar-refractivity contribution in [2.75, 3.05) is 19.0 Å². The highest BCUT2D eigenvalue weighted by Crippen LogP contribution is 2.33. The van der Waals surface area contributed by atoms with Crippen LogP contribution in [0.1, 0.15) is 38.2 Å². The van der Waals surface area contributed by atoms with Crippen molar-refractivity contribution >= 4 is 28.2 Å². The molecule has 3 rings (SSSR count). The van der Waals surface area contributed by atoms with Crippen molar-refractivity contribution in [3.8, 4) is 17.1 Å². The third kappa shape index (κ3) is 3.91. The van der Waals surface area contributed by atoms with Gasteiger partial charge in [-0.25, -0.2) is 4.79 Å². The molecule has 0 saturated carbocycles. The Balaban J connectivity index is 1.84. The Labute approximate surface area is 166 Å². The number of esters is 1. The number of hydrogen-bond donors (Lipinski definition) is 1. The molecular weight excluding hydrogens is 380 g/mol. The third-order valence-electron chi connectivity index (χ3n) is 4.19. The number of thiophene rings is 1. The van der Waals surface area contributed by atoms with Crippen LogP contribution in [0.5, 0.6) is 5.75 Å². The van der Waals surface area contributed by atoms with Crippen LogP contribution in [-0.4, -0.2) is 30.7 Å². The quantitative estimate of drug-likeness (QED) is 0.615. The van der Waals surface area contributed by atoms with E-state index in [9.17, 15) is 9.59 Å². The van der Waals surface area contributed by atoms with E-state index in [-0.39, 0.29) is 12.3 Å². The van der Waals surface area contributed by atoms with E-state index >= 15 is 0 Å². The van der Waals surface area contributed by atoms with E-state index in [1.165, 1.54) is 11.3 Å². The van der Waals surface area contributed by atoms with Crippen molar-refractivity contribution in [3.63, 3.8) is 0 Å². The van der Waals surface area contributed by atoms with E-state index in [1.54, 1.807) is 26.2 Å². The molecule has 0 aliphatic heterocycles. The zero-order valence-corrected chi connectivity index (χ0v) is 16.8. The van der Waals surface area contributed by atoms with Gasteiger partial charge in [-0.3, -0.25) is 4.79 Å². The minimum absolute atomic E-state index is 0.108. The predicted octanol–water partition coefficient (Wildman–Crippen LogP) is 4.46. The molecule has 3 aromatic rings. The van der Waals surface area contributed by atoms with Gasteiger partial charge in [0.2, 0.25) is 0 Å². The van der Waals surface area contributed by atoms with Gasteiger partial charge in [0.1, 0.15) is 10.8 Å². The van der Waals surface area contributed by atoms with Gasteiger partial charge < -0.3 is 19.3 Å². The fraction of sp³-hybridized carbons (Fsp3) is 0.250. The number of anilines is 1. The molecule has 1 amide bonds. The number of methoxy groups -OCH3 is 1. The maximum atomic E-state index is 12.6. The summed E-state index contributed by atoms with van der Waals surface area (Å²) >= 11 is 1.32. The number of rotatable bonds is 6. The van der Waals surface area contributed by atoms with E-state index < -0.39 is 11.9 Å². The molecule has 146 valence electrons. The largest absolute Gasteiger partial charge is 0.497 e. The molecule has 0 aliphatic carbocycles. The summed E-state index contributed by atoms with van der Waals surface area (Å²) < 4.78 is 15.6. The van der Waals surface area contributed by atoms with Crippen molar-refractivity contribution < 1.29 is 23.6 Å². The van der Waals surface area contributed by atoms with E-state index in [2.05, 4.69) is 10.5 Å². The van der Waals surface area contributed by atoms with Gasteiger partial charge in [0, 0.05) is 16.5 Å². The lowest BCUT2D eigenvalue weighted by Crippen LogP contribution is -2.15. The first kappa shape index (κ1) is 19.6. The highest BCUT2D eigenvalue weighted by atomic mass is 32.1. The summed E-state index contributed by atoms with van der Waals surface area (Å²) in [6, 6.07) is 8.79. The first-order chi connectivity index (χ1) is 13.4. The van der Waals surface area contributed by atoms with Gasteiger partial charge in [0.15, 0.2) is 11.5 Å². The molecular formula is C20H20N2O5S. The molecule has 0 atom stereocenters. The zero-order chi connectivity index (χ0) is 20.3. The number of nitrogens with one attached hydrogen (secondary N) is 1. The molecule has 1 aromatic carbocycles. The first-order valence-electron chi connectivity index (χ1n) is 8.64. The number of carbonyl (C=O) groups is 2. The van der Waals surface area contributed by atoms with Crippen molar-refractivity contribution in [1.29, 1.82) is 0 Å². The number of aromatic nitrogens is 1. The monoisotopic (exact) mass is 400 g/mol. The molecule has 0 bridgehead atoms. The Bertz CT molecular complexity index is 1020. The normalized spacial score (nSPS) is 10.6. The smallest absolute Gasteiger partial charge is 0.341 e. The maximum Gasteiger partial charge on any atom is 0.341 e. The molecule has 28 heavy (non-hydrogen) atoms. The summed E-state index contributed by atoms with van der Waals surface area (Å²) in [6.07, 6.45) is 0. The van der Waals surface area contributed by atoms with Crippen LogP contribution < -0.4 is 10.1 Å². The number of amides is 1. The average Bonchev–Trinajstić information content (AvgIpc) is 3.28. The molecule has 1 N–H and O–H groups in total. The van der Waals surface area contributed by atoms with Gasteiger partial charge in [0.05, 0.1) is 19.3 Å². The molecule has 8 heteroatoms. The summed E-state index contributed by atoms with van der Waals surface area (Å²) in [6.45, 7) is 5.70. The number of benzene rings is 1. The van der Waals surface area contributed by atoms with Gasteiger partial charge >= 0.3 is 5.97 Å². The zero-order valence-electron chi connectivity index (χ0n) is 16.0.